The summed E-state index contributed by atoms with van der Waals surface area (Å²) in [6.07, 6.45) is -3.87. The fraction of sp³-hybridized carbons (Fsp3) is 0.700. The molecule has 1 unspecified atom stereocenters. The molecule has 0 saturated heterocycles. The summed E-state index contributed by atoms with van der Waals surface area (Å²) >= 11 is 0. The lowest BCUT2D eigenvalue weighted by atomic mass is 10.2. The molecule has 0 saturated carbocycles. The standard InChI is InChI=1S/C10H17F3N2O/c1-4-8(3)15(14-5-2)7-9(16)6-10(11,12)13/h4-5,9,16H,6-7H2,1-3H3/b8-4+,14-5-. The number of halogens is 3. The van der Waals surface area contributed by atoms with Gasteiger partial charge in [0.25, 0.3) is 0 Å². The first-order valence-corrected chi connectivity index (χ1v) is 4.94. The number of aliphatic hydroxyl groups excluding tert-OH is 1. The van der Waals surface area contributed by atoms with Crippen molar-refractivity contribution >= 4 is 6.21 Å². The van der Waals surface area contributed by atoms with Crippen LogP contribution in [0.2, 0.25) is 0 Å². The zero-order valence-electron chi connectivity index (χ0n) is 9.62. The van der Waals surface area contributed by atoms with E-state index < -0.39 is 18.7 Å². The largest absolute Gasteiger partial charge is 0.391 e. The topological polar surface area (TPSA) is 35.8 Å². The monoisotopic (exact) mass is 238 g/mol. The molecule has 0 aromatic heterocycles. The van der Waals surface area contributed by atoms with Crippen LogP contribution in [0.1, 0.15) is 27.2 Å². The molecule has 0 amide bonds. The smallest absolute Gasteiger partial charge is 0.391 e. The van der Waals surface area contributed by atoms with Crippen molar-refractivity contribution in [2.24, 2.45) is 5.10 Å². The Morgan fingerprint density at radius 2 is 2.00 bits per heavy atom. The van der Waals surface area contributed by atoms with Gasteiger partial charge < -0.3 is 5.11 Å². The van der Waals surface area contributed by atoms with Crippen molar-refractivity contribution in [1.82, 2.24) is 5.01 Å². The second-order valence-corrected chi connectivity index (χ2v) is 3.36. The van der Waals surface area contributed by atoms with Crippen LogP contribution in [0.5, 0.6) is 0 Å². The summed E-state index contributed by atoms with van der Waals surface area (Å²) in [5.41, 5.74) is 0.694. The van der Waals surface area contributed by atoms with Crippen molar-refractivity contribution in [3.05, 3.63) is 11.8 Å². The fourth-order valence-electron chi connectivity index (χ4n) is 1.10. The van der Waals surface area contributed by atoms with Crippen molar-refractivity contribution in [1.29, 1.82) is 0 Å². The molecule has 0 aromatic carbocycles. The minimum absolute atomic E-state index is 0.167. The first-order chi connectivity index (χ1) is 7.30. The maximum atomic E-state index is 12.0. The van der Waals surface area contributed by atoms with Gasteiger partial charge in [0.2, 0.25) is 0 Å². The van der Waals surface area contributed by atoms with E-state index in [1.54, 1.807) is 26.8 Å². The van der Waals surface area contributed by atoms with Crippen LogP contribution in [-0.4, -0.2) is 35.2 Å². The van der Waals surface area contributed by atoms with E-state index in [0.29, 0.717) is 5.70 Å². The molecule has 6 heteroatoms. The minimum Gasteiger partial charge on any atom is -0.391 e. The lowest BCUT2D eigenvalue weighted by molar-refractivity contribution is -0.154. The van der Waals surface area contributed by atoms with E-state index in [9.17, 15) is 18.3 Å². The summed E-state index contributed by atoms with van der Waals surface area (Å²) in [5, 5.41) is 14.5. The molecule has 0 aromatic rings. The number of alkyl halides is 3. The van der Waals surface area contributed by atoms with Crippen molar-refractivity contribution in [2.45, 2.75) is 39.5 Å². The maximum Gasteiger partial charge on any atom is 0.391 e. The summed E-state index contributed by atoms with van der Waals surface area (Å²) in [7, 11) is 0. The second kappa shape index (κ2) is 6.52. The molecule has 1 N–H and O–H groups in total. The number of hydrazone groups is 1. The van der Waals surface area contributed by atoms with Gasteiger partial charge in [0.15, 0.2) is 0 Å². The van der Waals surface area contributed by atoms with Crippen LogP contribution in [0.15, 0.2) is 16.9 Å². The van der Waals surface area contributed by atoms with Crippen molar-refractivity contribution in [2.75, 3.05) is 6.54 Å². The molecule has 94 valence electrons. The summed E-state index contributed by atoms with van der Waals surface area (Å²) in [5.74, 6) is 0. The average molecular weight is 238 g/mol. The highest BCUT2D eigenvalue weighted by Crippen LogP contribution is 2.22. The first-order valence-electron chi connectivity index (χ1n) is 4.94. The number of hydrogen-bond donors (Lipinski definition) is 1. The van der Waals surface area contributed by atoms with Crippen LogP contribution >= 0.6 is 0 Å². The molecule has 0 spiro atoms. The molecule has 0 radical (unpaired) electrons. The van der Waals surface area contributed by atoms with Gasteiger partial charge in [0.05, 0.1) is 19.1 Å². The van der Waals surface area contributed by atoms with E-state index in [2.05, 4.69) is 5.10 Å². The predicted molar refractivity (Wildman–Crippen MR) is 57.0 cm³/mol. The first kappa shape index (κ1) is 15.0. The molecular weight excluding hydrogens is 221 g/mol. The lowest BCUT2D eigenvalue weighted by Crippen LogP contribution is -2.31. The van der Waals surface area contributed by atoms with Gasteiger partial charge in [-0.3, -0.25) is 5.01 Å². The third-order valence-corrected chi connectivity index (χ3v) is 1.93. The Morgan fingerprint density at radius 3 is 2.38 bits per heavy atom. The van der Waals surface area contributed by atoms with Gasteiger partial charge in [0, 0.05) is 11.9 Å². The van der Waals surface area contributed by atoms with Crippen LogP contribution in [0, 0.1) is 0 Å². The normalized spacial score (nSPS) is 15.6. The fourth-order valence-corrected chi connectivity index (χ4v) is 1.10. The van der Waals surface area contributed by atoms with Crippen molar-refractivity contribution in [3.8, 4) is 0 Å². The highest BCUT2D eigenvalue weighted by molar-refractivity contribution is 5.52. The summed E-state index contributed by atoms with van der Waals surface area (Å²) < 4.78 is 36.0. The quantitative estimate of drug-likeness (QED) is 0.590. The van der Waals surface area contributed by atoms with E-state index in [1.807, 2.05) is 0 Å². The van der Waals surface area contributed by atoms with Crippen LogP contribution < -0.4 is 0 Å². The van der Waals surface area contributed by atoms with Gasteiger partial charge in [-0.25, -0.2) is 0 Å². The lowest BCUT2D eigenvalue weighted by Gasteiger charge is -2.23. The molecule has 3 nitrogen and oxygen atoms in total. The zero-order valence-corrected chi connectivity index (χ0v) is 9.62. The predicted octanol–water partition coefficient (Wildman–Crippen LogP) is 2.53. The number of hydrogen-bond acceptors (Lipinski definition) is 3. The van der Waals surface area contributed by atoms with E-state index in [-0.39, 0.29) is 6.54 Å². The maximum absolute atomic E-state index is 12.0. The van der Waals surface area contributed by atoms with E-state index in [0.717, 1.165) is 0 Å². The number of rotatable bonds is 5. The Morgan fingerprint density at radius 1 is 1.44 bits per heavy atom. The van der Waals surface area contributed by atoms with Gasteiger partial charge in [-0.2, -0.15) is 18.3 Å². The molecule has 0 aliphatic rings. The molecule has 0 aliphatic carbocycles. The molecule has 0 rings (SSSR count). The van der Waals surface area contributed by atoms with Gasteiger partial charge in [0.1, 0.15) is 0 Å². The van der Waals surface area contributed by atoms with Crippen molar-refractivity contribution < 1.29 is 18.3 Å². The molecule has 0 bridgehead atoms. The summed E-state index contributed by atoms with van der Waals surface area (Å²) in [4.78, 5) is 0. The van der Waals surface area contributed by atoms with Crippen LogP contribution in [-0.2, 0) is 0 Å². The van der Waals surface area contributed by atoms with E-state index >= 15 is 0 Å². The number of aliphatic hydroxyl groups is 1. The minimum atomic E-state index is -4.36. The Balaban J connectivity index is 4.41. The van der Waals surface area contributed by atoms with Gasteiger partial charge in [-0.15, -0.1) is 0 Å². The summed E-state index contributed by atoms with van der Waals surface area (Å²) in [6, 6.07) is 0. The van der Waals surface area contributed by atoms with Crippen LogP contribution in [0.3, 0.4) is 0 Å². The molecule has 0 fully saturated rings. The zero-order chi connectivity index (χ0) is 12.8. The second-order valence-electron chi connectivity index (χ2n) is 3.36. The van der Waals surface area contributed by atoms with Crippen LogP contribution in [0.4, 0.5) is 13.2 Å². The molecule has 1 atom stereocenters. The SMILES string of the molecule is C/C=N\N(CC(O)CC(F)(F)F)/C(C)=C/C. The Bertz CT molecular complexity index is 261. The van der Waals surface area contributed by atoms with Gasteiger partial charge in [-0.1, -0.05) is 6.08 Å². The molecule has 16 heavy (non-hydrogen) atoms. The third-order valence-electron chi connectivity index (χ3n) is 1.93. The Hall–Kier alpha value is -1.04. The molecular formula is C10H17F3N2O. The number of nitrogens with zero attached hydrogens (tertiary/aromatic N) is 2. The Labute approximate surface area is 93.3 Å². The third kappa shape index (κ3) is 6.44. The summed E-state index contributed by atoms with van der Waals surface area (Å²) in [6.45, 7) is 4.96. The Kier molecular flexibility index (Phi) is 6.10. The van der Waals surface area contributed by atoms with E-state index in [1.165, 1.54) is 11.2 Å². The number of allylic oxidation sites excluding steroid dienone is 2. The molecule has 0 aliphatic heterocycles. The average Bonchev–Trinajstić information content (AvgIpc) is 2.13. The highest BCUT2D eigenvalue weighted by atomic mass is 19.4. The van der Waals surface area contributed by atoms with Crippen LogP contribution in [0.25, 0.3) is 0 Å². The van der Waals surface area contributed by atoms with Gasteiger partial charge in [-0.05, 0) is 20.8 Å². The van der Waals surface area contributed by atoms with E-state index in [4.69, 9.17) is 0 Å². The van der Waals surface area contributed by atoms with Gasteiger partial charge >= 0.3 is 6.18 Å². The van der Waals surface area contributed by atoms with Crippen molar-refractivity contribution in [3.63, 3.8) is 0 Å². The molecule has 0 heterocycles. The highest BCUT2D eigenvalue weighted by Gasteiger charge is 2.31.